The van der Waals surface area contributed by atoms with E-state index in [9.17, 15) is 0 Å². The molecule has 0 amide bonds. The molecule has 0 aromatic carbocycles. The standard InChI is InChI=1S/C12H23N3OS/c1-9(2)11-10(8-13)17-12(14-11)15(3)6-5-7-16-4/h9H,5-8,13H2,1-4H3. The van der Waals surface area contributed by atoms with Gasteiger partial charge in [-0.1, -0.05) is 13.8 Å². The molecule has 1 aromatic rings. The van der Waals surface area contributed by atoms with Gasteiger partial charge < -0.3 is 15.4 Å². The lowest BCUT2D eigenvalue weighted by Crippen LogP contribution is -2.19. The second-order valence-electron chi connectivity index (χ2n) is 4.43. The number of hydrogen-bond donors (Lipinski definition) is 1. The molecule has 5 heteroatoms. The minimum absolute atomic E-state index is 0.436. The van der Waals surface area contributed by atoms with Crippen LogP contribution in [0.5, 0.6) is 0 Å². The Morgan fingerprint density at radius 3 is 2.65 bits per heavy atom. The molecule has 4 nitrogen and oxygen atoms in total. The lowest BCUT2D eigenvalue weighted by atomic mass is 10.1. The Morgan fingerprint density at radius 2 is 2.18 bits per heavy atom. The summed E-state index contributed by atoms with van der Waals surface area (Å²) in [6, 6.07) is 0. The molecular weight excluding hydrogens is 234 g/mol. The van der Waals surface area contributed by atoms with Crippen LogP contribution in [0, 0.1) is 0 Å². The molecule has 1 heterocycles. The van der Waals surface area contributed by atoms with Gasteiger partial charge in [-0.15, -0.1) is 11.3 Å². The Bertz CT molecular complexity index is 338. The fourth-order valence-electron chi connectivity index (χ4n) is 1.65. The third-order valence-corrected chi connectivity index (χ3v) is 3.82. The van der Waals surface area contributed by atoms with Gasteiger partial charge in [0, 0.05) is 38.7 Å². The van der Waals surface area contributed by atoms with Crippen molar-refractivity contribution in [2.45, 2.75) is 32.7 Å². The molecule has 0 saturated heterocycles. The number of thiazole rings is 1. The SMILES string of the molecule is COCCCN(C)c1nc(C(C)C)c(CN)s1. The highest BCUT2D eigenvalue weighted by atomic mass is 32.1. The van der Waals surface area contributed by atoms with Crippen molar-refractivity contribution < 1.29 is 4.74 Å². The predicted octanol–water partition coefficient (Wildman–Crippen LogP) is 2.20. The highest BCUT2D eigenvalue weighted by Crippen LogP contribution is 2.29. The van der Waals surface area contributed by atoms with Gasteiger partial charge in [-0.3, -0.25) is 0 Å². The molecule has 0 aliphatic carbocycles. The molecule has 0 spiro atoms. The molecule has 0 aliphatic rings. The summed E-state index contributed by atoms with van der Waals surface area (Å²) in [5, 5.41) is 1.06. The Hall–Kier alpha value is -0.650. The zero-order valence-corrected chi connectivity index (χ0v) is 12.0. The van der Waals surface area contributed by atoms with E-state index in [1.165, 1.54) is 4.88 Å². The summed E-state index contributed by atoms with van der Waals surface area (Å²) < 4.78 is 5.05. The number of rotatable bonds is 7. The summed E-state index contributed by atoms with van der Waals surface area (Å²) >= 11 is 1.70. The third-order valence-electron chi connectivity index (χ3n) is 2.62. The molecule has 2 N–H and O–H groups in total. The highest BCUT2D eigenvalue weighted by Gasteiger charge is 2.15. The van der Waals surface area contributed by atoms with E-state index in [0.717, 1.165) is 30.4 Å². The van der Waals surface area contributed by atoms with Crippen LogP contribution in [-0.4, -0.2) is 32.3 Å². The van der Waals surface area contributed by atoms with Gasteiger partial charge in [-0.2, -0.15) is 0 Å². The van der Waals surface area contributed by atoms with Gasteiger partial charge in [0.1, 0.15) is 0 Å². The number of nitrogens with two attached hydrogens (primary N) is 1. The first-order valence-electron chi connectivity index (χ1n) is 5.99. The molecule has 0 fully saturated rings. The van der Waals surface area contributed by atoms with Crippen molar-refractivity contribution in [2.24, 2.45) is 5.73 Å². The Kier molecular flexibility index (Phi) is 5.88. The first-order chi connectivity index (χ1) is 8.10. The number of nitrogens with zero attached hydrogens (tertiary/aromatic N) is 2. The van der Waals surface area contributed by atoms with Gasteiger partial charge in [-0.05, 0) is 12.3 Å². The number of methoxy groups -OCH3 is 1. The molecule has 0 saturated carbocycles. The van der Waals surface area contributed by atoms with Gasteiger partial charge in [0.25, 0.3) is 0 Å². The smallest absolute Gasteiger partial charge is 0.185 e. The van der Waals surface area contributed by atoms with Crippen LogP contribution in [0.3, 0.4) is 0 Å². The number of anilines is 1. The van der Waals surface area contributed by atoms with Crippen LogP contribution in [-0.2, 0) is 11.3 Å². The summed E-state index contributed by atoms with van der Waals surface area (Å²) in [4.78, 5) is 8.06. The minimum Gasteiger partial charge on any atom is -0.385 e. The maximum atomic E-state index is 5.76. The van der Waals surface area contributed by atoms with Crippen molar-refractivity contribution in [1.82, 2.24) is 4.98 Å². The van der Waals surface area contributed by atoms with Crippen LogP contribution in [0.1, 0.15) is 36.8 Å². The van der Waals surface area contributed by atoms with Gasteiger partial charge in [-0.25, -0.2) is 4.98 Å². The quantitative estimate of drug-likeness (QED) is 0.761. The molecule has 1 rings (SSSR count). The number of ether oxygens (including phenoxy) is 1. The zero-order valence-electron chi connectivity index (χ0n) is 11.2. The third kappa shape index (κ3) is 3.94. The fourth-order valence-corrected chi connectivity index (χ4v) is 2.73. The van der Waals surface area contributed by atoms with Gasteiger partial charge in [0.15, 0.2) is 5.13 Å². The van der Waals surface area contributed by atoms with Crippen molar-refractivity contribution in [3.05, 3.63) is 10.6 Å². The number of hydrogen-bond acceptors (Lipinski definition) is 5. The van der Waals surface area contributed by atoms with Crippen LogP contribution in [0.4, 0.5) is 5.13 Å². The van der Waals surface area contributed by atoms with E-state index in [2.05, 4.69) is 30.8 Å². The normalized spacial score (nSPS) is 11.2. The van der Waals surface area contributed by atoms with Crippen LogP contribution >= 0.6 is 11.3 Å². The second kappa shape index (κ2) is 6.93. The molecule has 17 heavy (non-hydrogen) atoms. The van der Waals surface area contributed by atoms with Gasteiger partial charge in [0.2, 0.25) is 0 Å². The highest BCUT2D eigenvalue weighted by molar-refractivity contribution is 7.15. The van der Waals surface area contributed by atoms with E-state index in [-0.39, 0.29) is 0 Å². The van der Waals surface area contributed by atoms with Crippen molar-refractivity contribution in [2.75, 3.05) is 32.2 Å². The second-order valence-corrected chi connectivity index (χ2v) is 5.49. The van der Waals surface area contributed by atoms with Crippen LogP contribution in [0.25, 0.3) is 0 Å². The number of aromatic nitrogens is 1. The van der Waals surface area contributed by atoms with Crippen LogP contribution in [0.15, 0.2) is 0 Å². The summed E-state index contributed by atoms with van der Waals surface area (Å²) in [7, 11) is 3.80. The predicted molar refractivity (Wildman–Crippen MR) is 73.9 cm³/mol. The molecule has 0 aliphatic heterocycles. The van der Waals surface area contributed by atoms with E-state index >= 15 is 0 Å². The molecule has 98 valence electrons. The summed E-state index contributed by atoms with van der Waals surface area (Å²) in [5.74, 6) is 0.436. The fraction of sp³-hybridized carbons (Fsp3) is 0.750. The monoisotopic (exact) mass is 257 g/mol. The molecule has 0 bridgehead atoms. The van der Waals surface area contributed by atoms with Gasteiger partial charge in [0.05, 0.1) is 5.69 Å². The van der Waals surface area contributed by atoms with E-state index in [0.29, 0.717) is 12.5 Å². The molecule has 0 unspecified atom stereocenters. The summed E-state index contributed by atoms with van der Waals surface area (Å²) in [6.45, 7) is 6.64. The molecule has 0 radical (unpaired) electrons. The van der Waals surface area contributed by atoms with Crippen molar-refractivity contribution in [3.8, 4) is 0 Å². The van der Waals surface area contributed by atoms with Crippen molar-refractivity contribution in [1.29, 1.82) is 0 Å². The average molecular weight is 257 g/mol. The van der Waals surface area contributed by atoms with E-state index in [4.69, 9.17) is 10.5 Å². The largest absolute Gasteiger partial charge is 0.385 e. The molecular formula is C12H23N3OS. The first kappa shape index (κ1) is 14.4. The first-order valence-corrected chi connectivity index (χ1v) is 6.81. The lowest BCUT2D eigenvalue weighted by Gasteiger charge is -2.15. The Labute approximate surface area is 108 Å². The van der Waals surface area contributed by atoms with E-state index in [1.54, 1.807) is 18.4 Å². The Morgan fingerprint density at radius 1 is 1.47 bits per heavy atom. The minimum atomic E-state index is 0.436. The van der Waals surface area contributed by atoms with Gasteiger partial charge >= 0.3 is 0 Å². The van der Waals surface area contributed by atoms with E-state index < -0.39 is 0 Å². The van der Waals surface area contributed by atoms with Crippen LogP contribution < -0.4 is 10.6 Å². The Balaban J connectivity index is 2.70. The summed E-state index contributed by atoms with van der Waals surface area (Å²) in [5.41, 5.74) is 6.90. The zero-order chi connectivity index (χ0) is 12.8. The molecule has 0 atom stereocenters. The lowest BCUT2D eigenvalue weighted by molar-refractivity contribution is 0.196. The van der Waals surface area contributed by atoms with E-state index in [1.807, 2.05) is 0 Å². The average Bonchev–Trinajstić information content (AvgIpc) is 2.73. The van der Waals surface area contributed by atoms with Crippen molar-refractivity contribution >= 4 is 16.5 Å². The van der Waals surface area contributed by atoms with Crippen LogP contribution in [0.2, 0.25) is 0 Å². The maximum Gasteiger partial charge on any atom is 0.185 e. The maximum absolute atomic E-state index is 5.76. The topological polar surface area (TPSA) is 51.4 Å². The molecule has 1 aromatic heterocycles. The van der Waals surface area contributed by atoms with Crippen molar-refractivity contribution in [3.63, 3.8) is 0 Å². The summed E-state index contributed by atoms with van der Waals surface area (Å²) in [6.07, 6.45) is 1.02.